The second-order valence-electron chi connectivity index (χ2n) is 7.99. The van der Waals surface area contributed by atoms with Crippen molar-refractivity contribution < 1.29 is 29.0 Å². The van der Waals surface area contributed by atoms with Crippen molar-refractivity contribution in [2.75, 3.05) is 11.9 Å². The van der Waals surface area contributed by atoms with E-state index in [0.29, 0.717) is 23.4 Å². The predicted octanol–water partition coefficient (Wildman–Crippen LogP) is 4.03. The Bertz CT molecular complexity index is 1030. The van der Waals surface area contributed by atoms with Crippen LogP contribution in [-0.2, 0) is 19.1 Å². The number of thiophene rings is 1. The lowest BCUT2D eigenvalue weighted by Crippen LogP contribution is -2.41. The first kappa shape index (κ1) is 21.5. The van der Waals surface area contributed by atoms with Gasteiger partial charge >= 0.3 is 11.9 Å². The fourth-order valence-corrected chi connectivity index (χ4v) is 5.69. The monoisotopic (exact) mass is 443 g/mol. The lowest BCUT2D eigenvalue weighted by atomic mass is 9.78. The summed E-state index contributed by atoms with van der Waals surface area (Å²) in [6, 6.07) is 7.79. The topological polar surface area (TPSA) is 102 Å². The van der Waals surface area contributed by atoms with Crippen molar-refractivity contribution in [3.63, 3.8) is 0 Å². The third-order valence-electron chi connectivity index (χ3n) is 6.00. The smallest absolute Gasteiger partial charge is 0.341 e. The van der Waals surface area contributed by atoms with Crippen LogP contribution in [0.1, 0.15) is 40.6 Å². The summed E-state index contributed by atoms with van der Waals surface area (Å²) in [7, 11) is 0. The van der Waals surface area contributed by atoms with Crippen LogP contribution in [0, 0.1) is 25.7 Å². The van der Waals surface area contributed by atoms with E-state index in [1.807, 2.05) is 38.1 Å². The molecule has 2 bridgehead atoms. The molecule has 0 spiro atoms. The molecule has 31 heavy (non-hydrogen) atoms. The number of aryl methyl sites for hydroxylation is 2. The molecule has 4 rings (SSSR count). The number of carbonyl (C=O) groups excluding carboxylic acids is 2. The van der Waals surface area contributed by atoms with Crippen molar-refractivity contribution in [2.24, 2.45) is 11.8 Å². The highest BCUT2D eigenvalue weighted by Crippen LogP contribution is 2.45. The van der Waals surface area contributed by atoms with Gasteiger partial charge in [0.05, 0.1) is 30.7 Å². The molecule has 0 aliphatic carbocycles. The van der Waals surface area contributed by atoms with E-state index in [9.17, 15) is 19.5 Å². The maximum atomic E-state index is 13.2. The third kappa shape index (κ3) is 3.85. The van der Waals surface area contributed by atoms with Crippen molar-refractivity contribution >= 4 is 34.2 Å². The fraction of sp³-hybridized carbons (Fsp3) is 0.435. The van der Waals surface area contributed by atoms with Crippen molar-refractivity contribution in [2.45, 2.75) is 45.8 Å². The van der Waals surface area contributed by atoms with Crippen LogP contribution in [0.15, 0.2) is 24.3 Å². The van der Waals surface area contributed by atoms with Gasteiger partial charge in [-0.15, -0.1) is 11.3 Å². The predicted molar refractivity (Wildman–Crippen MR) is 116 cm³/mol. The minimum atomic E-state index is -1.03. The molecule has 164 valence electrons. The molecule has 2 fully saturated rings. The van der Waals surface area contributed by atoms with E-state index in [0.717, 1.165) is 21.6 Å². The van der Waals surface area contributed by atoms with E-state index in [1.54, 1.807) is 6.92 Å². The van der Waals surface area contributed by atoms with Gasteiger partial charge in [0, 0.05) is 10.4 Å². The lowest BCUT2D eigenvalue weighted by Gasteiger charge is -2.23. The maximum Gasteiger partial charge on any atom is 0.341 e. The zero-order chi connectivity index (χ0) is 22.3. The number of fused-ring (bicyclic) bond motifs is 2. The number of benzene rings is 1. The van der Waals surface area contributed by atoms with Gasteiger partial charge in [-0.2, -0.15) is 0 Å². The molecule has 2 aliphatic rings. The van der Waals surface area contributed by atoms with Crippen molar-refractivity contribution in [3.8, 4) is 11.1 Å². The molecule has 2 aliphatic heterocycles. The molecule has 1 amide bonds. The van der Waals surface area contributed by atoms with Crippen LogP contribution in [-0.4, -0.2) is 41.8 Å². The summed E-state index contributed by atoms with van der Waals surface area (Å²) < 4.78 is 11.0. The van der Waals surface area contributed by atoms with Crippen LogP contribution in [0.5, 0.6) is 0 Å². The molecule has 1 aromatic heterocycles. The third-order valence-corrected chi connectivity index (χ3v) is 7.02. The van der Waals surface area contributed by atoms with Crippen molar-refractivity contribution in [1.82, 2.24) is 0 Å². The molecule has 0 radical (unpaired) electrons. The number of rotatable bonds is 6. The maximum absolute atomic E-state index is 13.2. The normalized spacial score (nSPS) is 24.2. The minimum Gasteiger partial charge on any atom is -0.481 e. The van der Waals surface area contributed by atoms with Gasteiger partial charge < -0.3 is 19.9 Å². The summed E-state index contributed by atoms with van der Waals surface area (Å²) in [6.07, 6.45) is 0.468. The van der Waals surface area contributed by atoms with Gasteiger partial charge in [-0.1, -0.05) is 29.8 Å². The Hall–Kier alpha value is -2.71. The Morgan fingerprint density at radius 2 is 1.77 bits per heavy atom. The van der Waals surface area contributed by atoms with Gasteiger partial charge in [-0.3, -0.25) is 9.59 Å². The molecule has 7 nitrogen and oxygen atoms in total. The van der Waals surface area contributed by atoms with E-state index in [-0.39, 0.29) is 6.61 Å². The van der Waals surface area contributed by atoms with Gasteiger partial charge in [-0.05, 0) is 39.2 Å². The summed E-state index contributed by atoms with van der Waals surface area (Å²) in [6.45, 7) is 5.80. The summed E-state index contributed by atoms with van der Waals surface area (Å²) in [5.41, 5.74) is 2.98. The average Bonchev–Trinajstić information content (AvgIpc) is 3.41. The number of carboxylic acids is 1. The molecular formula is C23H25NO6S. The molecule has 3 heterocycles. The van der Waals surface area contributed by atoms with Gasteiger partial charge in [0.1, 0.15) is 10.6 Å². The second kappa shape index (κ2) is 8.43. The molecule has 8 heteroatoms. The quantitative estimate of drug-likeness (QED) is 0.654. The summed E-state index contributed by atoms with van der Waals surface area (Å²) >= 11 is 1.29. The van der Waals surface area contributed by atoms with Gasteiger partial charge in [-0.25, -0.2) is 4.79 Å². The minimum absolute atomic E-state index is 0.204. The average molecular weight is 444 g/mol. The number of esters is 1. The number of ether oxygens (including phenoxy) is 2. The molecule has 2 N–H and O–H groups in total. The Labute approximate surface area is 184 Å². The summed E-state index contributed by atoms with van der Waals surface area (Å²) in [5, 5.41) is 12.8. The molecule has 2 saturated heterocycles. The van der Waals surface area contributed by atoms with Crippen LogP contribution >= 0.6 is 11.3 Å². The Morgan fingerprint density at radius 3 is 2.39 bits per heavy atom. The van der Waals surface area contributed by atoms with Gasteiger partial charge in [0.25, 0.3) is 0 Å². The number of carbonyl (C=O) groups is 3. The summed E-state index contributed by atoms with van der Waals surface area (Å²) in [4.78, 5) is 38.6. The Kier molecular flexibility index (Phi) is 5.85. The zero-order valence-electron chi connectivity index (χ0n) is 17.6. The van der Waals surface area contributed by atoms with Crippen LogP contribution in [0.4, 0.5) is 5.00 Å². The van der Waals surface area contributed by atoms with E-state index in [4.69, 9.17) is 9.47 Å². The Balaban J connectivity index is 1.70. The van der Waals surface area contributed by atoms with Crippen molar-refractivity contribution in [3.05, 3.63) is 40.3 Å². The first-order valence-corrected chi connectivity index (χ1v) is 11.2. The number of aliphatic carboxylic acids is 1. The number of hydrogen-bond acceptors (Lipinski definition) is 6. The van der Waals surface area contributed by atoms with Gasteiger partial charge in [0.2, 0.25) is 5.91 Å². The molecule has 4 atom stereocenters. The number of hydrogen-bond donors (Lipinski definition) is 2. The SMILES string of the molecule is CCOC(=O)c1c(NC(=O)[C@H]2[C@@H](C(=O)O)[C@H]3CC[C@@H]2O3)sc(C)c1-c1ccc(C)cc1. The highest BCUT2D eigenvalue weighted by Gasteiger charge is 2.55. The number of nitrogens with one attached hydrogen (secondary N) is 1. The molecule has 2 aromatic rings. The molecular weight excluding hydrogens is 418 g/mol. The van der Waals surface area contributed by atoms with E-state index in [1.165, 1.54) is 11.3 Å². The van der Waals surface area contributed by atoms with Crippen LogP contribution < -0.4 is 5.32 Å². The summed E-state index contributed by atoms with van der Waals surface area (Å²) in [5.74, 6) is -3.63. The highest BCUT2D eigenvalue weighted by atomic mass is 32.1. The lowest BCUT2D eigenvalue weighted by molar-refractivity contribution is -0.147. The highest BCUT2D eigenvalue weighted by molar-refractivity contribution is 7.17. The largest absolute Gasteiger partial charge is 0.481 e. The molecule has 1 aromatic carbocycles. The molecule has 0 saturated carbocycles. The van der Waals surface area contributed by atoms with E-state index >= 15 is 0 Å². The first-order valence-electron chi connectivity index (χ1n) is 10.4. The number of carboxylic acid groups (broad SMARTS) is 1. The van der Waals surface area contributed by atoms with E-state index < -0.39 is 41.9 Å². The van der Waals surface area contributed by atoms with Crippen molar-refractivity contribution in [1.29, 1.82) is 0 Å². The zero-order valence-corrected chi connectivity index (χ0v) is 18.5. The second-order valence-corrected chi connectivity index (χ2v) is 9.22. The standard InChI is InChI=1S/C23H25NO6S/c1-4-29-23(28)19-16(13-7-5-11(2)6-8-13)12(3)31-21(19)24-20(25)17-14-9-10-15(30-14)18(17)22(26)27/h5-8,14-15,17-18H,4,9-10H2,1-3H3,(H,24,25)(H,26,27)/t14-,15+,17+,18-/m0/s1. The van der Waals surface area contributed by atoms with Crippen LogP contribution in [0.2, 0.25) is 0 Å². The van der Waals surface area contributed by atoms with E-state index in [2.05, 4.69) is 5.32 Å². The van der Waals surface area contributed by atoms with Crippen LogP contribution in [0.25, 0.3) is 11.1 Å². The number of anilines is 1. The number of amides is 1. The molecule has 0 unspecified atom stereocenters. The fourth-order valence-electron chi connectivity index (χ4n) is 4.62. The Morgan fingerprint density at radius 1 is 1.13 bits per heavy atom. The van der Waals surface area contributed by atoms with Crippen LogP contribution in [0.3, 0.4) is 0 Å². The van der Waals surface area contributed by atoms with Gasteiger partial charge in [0.15, 0.2) is 0 Å². The first-order chi connectivity index (χ1) is 14.8.